The molecule has 1 saturated heterocycles. The van der Waals surface area contributed by atoms with Crippen molar-refractivity contribution in [2.45, 2.75) is 56.8 Å². The normalized spacial score (nSPS) is 31.4. The van der Waals surface area contributed by atoms with Gasteiger partial charge in [-0.25, -0.2) is 4.68 Å². The summed E-state index contributed by atoms with van der Waals surface area (Å²) in [7, 11) is 0. The van der Waals surface area contributed by atoms with E-state index in [4.69, 9.17) is 21.1 Å². The maximum Gasteiger partial charge on any atom is 0.216 e. The first kappa shape index (κ1) is 16.1. The Morgan fingerprint density at radius 2 is 2.32 bits per heavy atom. The van der Waals surface area contributed by atoms with Crippen LogP contribution in [0.25, 0.3) is 0 Å². The van der Waals surface area contributed by atoms with Gasteiger partial charge in [0.05, 0.1) is 29.3 Å². The zero-order valence-electron chi connectivity index (χ0n) is 14.3. The smallest absolute Gasteiger partial charge is 0.216 e. The van der Waals surface area contributed by atoms with Crippen molar-refractivity contribution in [3.05, 3.63) is 32.6 Å². The Labute approximate surface area is 156 Å². The van der Waals surface area contributed by atoms with Gasteiger partial charge in [0.2, 0.25) is 5.88 Å². The number of nitrogens with zero attached hydrogens (tertiary/aromatic N) is 2. The molecule has 5 heterocycles. The van der Waals surface area contributed by atoms with E-state index in [0.29, 0.717) is 6.04 Å². The SMILES string of the molecule is CC1CC2(CC(c3cnn4c3OCCC4)N1)OCCc1cc(Cl)sc12. The minimum atomic E-state index is -0.246. The molecule has 5 rings (SSSR count). The van der Waals surface area contributed by atoms with Gasteiger partial charge in [-0.1, -0.05) is 11.6 Å². The van der Waals surface area contributed by atoms with Gasteiger partial charge in [0.25, 0.3) is 0 Å². The largest absolute Gasteiger partial charge is 0.478 e. The van der Waals surface area contributed by atoms with Gasteiger partial charge in [0.1, 0.15) is 5.60 Å². The third kappa shape index (κ3) is 2.62. The number of rotatable bonds is 1. The summed E-state index contributed by atoms with van der Waals surface area (Å²) in [6.45, 7) is 4.71. The molecule has 0 bridgehead atoms. The van der Waals surface area contributed by atoms with Gasteiger partial charge in [-0.15, -0.1) is 11.3 Å². The number of hydrogen-bond acceptors (Lipinski definition) is 5. The van der Waals surface area contributed by atoms with Gasteiger partial charge in [-0.3, -0.25) is 0 Å². The van der Waals surface area contributed by atoms with E-state index in [1.54, 1.807) is 11.3 Å². The molecule has 5 nitrogen and oxygen atoms in total. The Kier molecular flexibility index (Phi) is 3.85. The van der Waals surface area contributed by atoms with Crippen LogP contribution in [0, 0.1) is 0 Å². The van der Waals surface area contributed by atoms with Crippen molar-refractivity contribution < 1.29 is 9.47 Å². The predicted octanol–water partition coefficient (Wildman–Crippen LogP) is 3.66. The quantitative estimate of drug-likeness (QED) is 0.821. The minimum absolute atomic E-state index is 0.178. The van der Waals surface area contributed by atoms with E-state index in [1.807, 2.05) is 10.9 Å². The van der Waals surface area contributed by atoms with Crippen molar-refractivity contribution in [3.8, 4) is 5.88 Å². The number of halogens is 1. The van der Waals surface area contributed by atoms with Crippen LogP contribution in [0.2, 0.25) is 4.34 Å². The van der Waals surface area contributed by atoms with Gasteiger partial charge in [-0.05, 0) is 31.4 Å². The Bertz CT molecular complexity index is 804. The Morgan fingerprint density at radius 3 is 3.24 bits per heavy atom. The predicted molar refractivity (Wildman–Crippen MR) is 97.6 cm³/mol. The highest BCUT2D eigenvalue weighted by atomic mass is 35.5. The van der Waals surface area contributed by atoms with Crippen molar-refractivity contribution in [1.82, 2.24) is 15.1 Å². The number of piperidine rings is 1. The first-order valence-electron chi connectivity index (χ1n) is 9.02. The molecule has 7 heteroatoms. The first-order valence-corrected chi connectivity index (χ1v) is 10.2. The van der Waals surface area contributed by atoms with Crippen LogP contribution >= 0.6 is 22.9 Å². The van der Waals surface area contributed by atoms with Gasteiger partial charge in [-0.2, -0.15) is 5.10 Å². The molecule has 2 aromatic rings. The standard InChI is InChI=1S/C18H22ClN3O2S/c1-11-8-18(16-12(3-6-24-18)7-15(19)25-16)9-14(21-11)13-10-20-22-4-2-5-23-17(13)22/h7,10-11,14,21H,2-6,8-9H2,1H3. The zero-order valence-corrected chi connectivity index (χ0v) is 15.8. The van der Waals surface area contributed by atoms with Crippen molar-refractivity contribution in [2.24, 2.45) is 0 Å². The van der Waals surface area contributed by atoms with Gasteiger partial charge in [0.15, 0.2) is 0 Å². The van der Waals surface area contributed by atoms with Crippen LogP contribution in [0.15, 0.2) is 12.3 Å². The summed E-state index contributed by atoms with van der Waals surface area (Å²) in [4.78, 5) is 1.32. The summed E-state index contributed by atoms with van der Waals surface area (Å²) < 4.78 is 15.2. The van der Waals surface area contributed by atoms with Crippen molar-refractivity contribution in [3.63, 3.8) is 0 Å². The average Bonchev–Trinajstić information content (AvgIpc) is 3.18. The lowest BCUT2D eigenvalue weighted by Gasteiger charge is -2.46. The molecule has 0 radical (unpaired) electrons. The maximum atomic E-state index is 6.43. The second-order valence-electron chi connectivity index (χ2n) is 7.36. The molecule has 2 aromatic heterocycles. The zero-order chi connectivity index (χ0) is 17.0. The molecule has 3 aliphatic rings. The van der Waals surface area contributed by atoms with Crippen LogP contribution in [-0.2, 0) is 23.3 Å². The topological polar surface area (TPSA) is 48.3 Å². The number of nitrogens with one attached hydrogen (secondary N) is 1. The molecule has 0 saturated carbocycles. The second-order valence-corrected chi connectivity index (χ2v) is 9.04. The molecule has 3 unspecified atom stereocenters. The number of aryl methyl sites for hydroxylation is 1. The van der Waals surface area contributed by atoms with Crippen LogP contribution in [0.4, 0.5) is 0 Å². The molecule has 1 spiro atoms. The molecule has 1 fully saturated rings. The highest BCUT2D eigenvalue weighted by Gasteiger charge is 2.47. The highest BCUT2D eigenvalue weighted by Crippen LogP contribution is 2.50. The Morgan fingerprint density at radius 1 is 1.40 bits per heavy atom. The summed E-state index contributed by atoms with van der Waals surface area (Å²) in [6.07, 6.45) is 5.81. The van der Waals surface area contributed by atoms with E-state index in [1.165, 1.54) is 10.4 Å². The molecule has 1 N–H and O–H groups in total. The number of hydrogen-bond donors (Lipinski definition) is 1. The summed E-state index contributed by atoms with van der Waals surface area (Å²) in [5, 5.41) is 8.27. The molecule has 134 valence electrons. The number of ether oxygens (including phenoxy) is 2. The van der Waals surface area contributed by atoms with E-state index < -0.39 is 0 Å². The fourth-order valence-electron chi connectivity index (χ4n) is 4.59. The Hall–Kier alpha value is -1.08. The van der Waals surface area contributed by atoms with E-state index >= 15 is 0 Å². The van der Waals surface area contributed by atoms with Gasteiger partial charge in [0, 0.05) is 36.3 Å². The van der Waals surface area contributed by atoms with Crippen molar-refractivity contribution >= 4 is 22.9 Å². The lowest BCUT2D eigenvalue weighted by Crippen LogP contribution is -2.49. The van der Waals surface area contributed by atoms with Gasteiger partial charge >= 0.3 is 0 Å². The van der Waals surface area contributed by atoms with Gasteiger partial charge < -0.3 is 14.8 Å². The summed E-state index contributed by atoms with van der Waals surface area (Å²) in [5.41, 5.74) is 2.27. The second kappa shape index (κ2) is 5.98. The molecule has 3 aliphatic heterocycles. The van der Waals surface area contributed by atoms with Crippen LogP contribution in [0.5, 0.6) is 5.88 Å². The number of fused-ring (bicyclic) bond motifs is 3. The molecule has 0 aliphatic carbocycles. The maximum absolute atomic E-state index is 6.43. The van der Waals surface area contributed by atoms with Crippen LogP contribution < -0.4 is 10.1 Å². The third-order valence-electron chi connectivity index (χ3n) is 5.54. The molecule has 25 heavy (non-hydrogen) atoms. The fraction of sp³-hybridized carbons (Fsp3) is 0.611. The molecule has 0 amide bonds. The summed E-state index contributed by atoms with van der Waals surface area (Å²) in [6, 6.07) is 2.65. The molecular formula is C18H22ClN3O2S. The van der Waals surface area contributed by atoms with Crippen LogP contribution in [-0.4, -0.2) is 29.0 Å². The molecule has 0 aromatic carbocycles. The van der Waals surface area contributed by atoms with Crippen LogP contribution in [0.1, 0.15) is 48.2 Å². The molecular weight excluding hydrogens is 358 g/mol. The summed E-state index contributed by atoms with van der Waals surface area (Å²) in [5.74, 6) is 0.924. The van der Waals surface area contributed by atoms with E-state index in [-0.39, 0.29) is 11.6 Å². The third-order valence-corrected chi connectivity index (χ3v) is 7.04. The van der Waals surface area contributed by atoms with Crippen molar-refractivity contribution in [1.29, 1.82) is 0 Å². The monoisotopic (exact) mass is 379 g/mol. The van der Waals surface area contributed by atoms with E-state index in [9.17, 15) is 0 Å². The number of thiophene rings is 1. The average molecular weight is 380 g/mol. The lowest BCUT2D eigenvalue weighted by atomic mass is 9.78. The lowest BCUT2D eigenvalue weighted by molar-refractivity contribution is -0.0956. The first-order chi connectivity index (χ1) is 12.1. The van der Waals surface area contributed by atoms with Crippen molar-refractivity contribution in [2.75, 3.05) is 13.2 Å². The van der Waals surface area contributed by atoms with Crippen LogP contribution in [0.3, 0.4) is 0 Å². The molecule has 3 atom stereocenters. The minimum Gasteiger partial charge on any atom is -0.478 e. The van der Waals surface area contributed by atoms with E-state index in [0.717, 1.165) is 61.2 Å². The fourth-order valence-corrected chi connectivity index (χ4v) is 6.05. The Balaban J connectivity index is 1.53. The van der Waals surface area contributed by atoms with E-state index in [2.05, 4.69) is 23.4 Å². The highest BCUT2D eigenvalue weighted by molar-refractivity contribution is 7.16. The summed E-state index contributed by atoms with van der Waals surface area (Å²) >= 11 is 8.02. The number of aromatic nitrogens is 2.